The van der Waals surface area contributed by atoms with Crippen molar-refractivity contribution in [2.24, 2.45) is 5.92 Å². The van der Waals surface area contributed by atoms with Gasteiger partial charge in [-0.15, -0.1) is 0 Å². The standard InChI is InChI=1S/C15H23N/c1-4-6-14(5-2)11-16-12-15-9-7-13(3)8-10-15/h4-9,15-16H,10-12H2,1-3H3. The van der Waals surface area contributed by atoms with Crippen molar-refractivity contribution in [2.45, 2.75) is 27.2 Å². The number of nitrogens with one attached hydrogen (secondary N) is 1. The van der Waals surface area contributed by atoms with Crippen LogP contribution in [0, 0.1) is 5.92 Å². The third kappa shape index (κ3) is 4.63. The topological polar surface area (TPSA) is 12.0 Å². The summed E-state index contributed by atoms with van der Waals surface area (Å²) in [7, 11) is 0. The minimum Gasteiger partial charge on any atom is -0.312 e. The van der Waals surface area contributed by atoms with E-state index in [4.69, 9.17) is 0 Å². The largest absolute Gasteiger partial charge is 0.312 e. The maximum absolute atomic E-state index is 3.51. The summed E-state index contributed by atoms with van der Waals surface area (Å²) in [6, 6.07) is 0. The third-order valence-corrected chi connectivity index (χ3v) is 2.86. The van der Waals surface area contributed by atoms with Crippen molar-refractivity contribution < 1.29 is 0 Å². The van der Waals surface area contributed by atoms with Gasteiger partial charge in [0, 0.05) is 13.1 Å². The maximum Gasteiger partial charge on any atom is 0.0202 e. The second-order valence-electron chi connectivity index (χ2n) is 4.30. The molecular formula is C15H23N. The molecule has 0 aromatic carbocycles. The monoisotopic (exact) mass is 217 g/mol. The van der Waals surface area contributed by atoms with Gasteiger partial charge in [-0.2, -0.15) is 0 Å². The molecule has 1 aliphatic rings. The van der Waals surface area contributed by atoms with Crippen molar-refractivity contribution >= 4 is 0 Å². The SMILES string of the molecule is CC=CC(=CC)CNCC1C=CC(C)=CC1. The molecule has 88 valence electrons. The van der Waals surface area contributed by atoms with Gasteiger partial charge in [-0.3, -0.25) is 0 Å². The van der Waals surface area contributed by atoms with E-state index in [9.17, 15) is 0 Å². The lowest BCUT2D eigenvalue weighted by molar-refractivity contribution is 0.578. The molecule has 0 amide bonds. The number of rotatable bonds is 5. The van der Waals surface area contributed by atoms with Crippen LogP contribution in [0.3, 0.4) is 0 Å². The first-order chi connectivity index (χ1) is 7.76. The zero-order chi connectivity index (χ0) is 11.8. The van der Waals surface area contributed by atoms with E-state index in [-0.39, 0.29) is 0 Å². The van der Waals surface area contributed by atoms with Gasteiger partial charge < -0.3 is 5.32 Å². The second-order valence-corrected chi connectivity index (χ2v) is 4.30. The fourth-order valence-corrected chi connectivity index (χ4v) is 1.80. The van der Waals surface area contributed by atoms with E-state index >= 15 is 0 Å². The first-order valence-electron chi connectivity index (χ1n) is 6.09. The second kappa shape index (κ2) is 7.24. The molecule has 16 heavy (non-hydrogen) atoms. The first-order valence-corrected chi connectivity index (χ1v) is 6.09. The molecule has 0 saturated heterocycles. The van der Waals surface area contributed by atoms with Gasteiger partial charge in [0.2, 0.25) is 0 Å². The zero-order valence-electron chi connectivity index (χ0n) is 10.7. The quantitative estimate of drug-likeness (QED) is 0.694. The number of hydrogen-bond donors (Lipinski definition) is 1. The van der Waals surface area contributed by atoms with E-state index < -0.39 is 0 Å². The van der Waals surface area contributed by atoms with Crippen LogP contribution in [0.15, 0.2) is 47.6 Å². The zero-order valence-corrected chi connectivity index (χ0v) is 10.7. The maximum atomic E-state index is 3.51. The Hall–Kier alpha value is -1.08. The van der Waals surface area contributed by atoms with Gasteiger partial charge >= 0.3 is 0 Å². The van der Waals surface area contributed by atoms with Crippen LogP contribution in [0.5, 0.6) is 0 Å². The van der Waals surface area contributed by atoms with E-state index in [1.807, 2.05) is 0 Å². The van der Waals surface area contributed by atoms with Crippen molar-refractivity contribution in [3.05, 3.63) is 47.6 Å². The molecule has 0 aromatic rings. The minimum absolute atomic E-state index is 0.660. The number of allylic oxidation sites excluding steroid dienone is 5. The van der Waals surface area contributed by atoms with E-state index in [2.05, 4.69) is 62.5 Å². The highest BCUT2D eigenvalue weighted by atomic mass is 14.9. The van der Waals surface area contributed by atoms with Crippen LogP contribution in [0.2, 0.25) is 0 Å². The summed E-state index contributed by atoms with van der Waals surface area (Å²) >= 11 is 0. The highest BCUT2D eigenvalue weighted by Gasteiger charge is 2.06. The van der Waals surface area contributed by atoms with E-state index in [0.29, 0.717) is 5.92 Å². The van der Waals surface area contributed by atoms with Crippen LogP contribution < -0.4 is 5.32 Å². The first kappa shape index (κ1) is 13.0. The Morgan fingerprint density at radius 1 is 1.50 bits per heavy atom. The van der Waals surface area contributed by atoms with Gasteiger partial charge in [0.1, 0.15) is 0 Å². The van der Waals surface area contributed by atoms with Crippen molar-refractivity contribution in [1.29, 1.82) is 0 Å². The van der Waals surface area contributed by atoms with Crippen molar-refractivity contribution in [3.63, 3.8) is 0 Å². The van der Waals surface area contributed by atoms with Crippen LogP contribution in [0.25, 0.3) is 0 Å². The molecule has 1 aliphatic carbocycles. The van der Waals surface area contributed by atoms with Gasteiger partial charge in [0.05, 0.1) is 0 Å². The Bertz CT molecular complexity index is 318. The predicted molar refractivity (Wildman–Crippen MR) is 72.4 cm³/mol. The van der Waals surface area contributed by atoms with Gasteiger partial charge in [-0.05, 0) is 38.7 Å². The van der Waals surface area contributed by atoms with Gasteiger partial charge in [-0.1, -0.05) is 42.0 Å². The lowest BCUT2D eigenvalue weighted by Gasteiger charge is -2.15. The van der Waals surface area contributed by atoms with Crippen LogP contribution in [0.4, 0.5) is 0 Å². The molecule has 0 bridgehead atoms. The molecule has 0 spiro atoms. The molecular weight excluding hydrogens is 194 g/mol. The van der Waals surface area contributed by atoms with E-state index in [0.717, 1.165) is 13.1 Å². The molecule has 1 atom stereocenters. The third-order valence-electron chi connectivity index (χ3n) is 2.86. The van der Waals surface area contributed by atoms with Crippen LogP contribution in [-0.2, 0) is 0 Å². The molecule has 0 fully saturated rings. The summed E-state index contributed by atoms with van der Waals surface area (Å²) in [6.07, 6.45) is 14.4. The molecule has 0 aromatic heterocycles. The molecule has 0 heterocycles. The molecule has 0 saturated carbocycles. The minimum atomic E-state index is 0.660. The lowest BCUT2D eigenvalue weighted by Crippen LogP contribution is -2.24. The summed E-state index contributed by atoms with van der Waals surface area (Å²) in [5.74, 6) is 0.660. The Balaban J connectivity index is 2.24. The summed E-state index contributed by atoms with van der Waals surface area (Å²) < 4.78 is 0. The average molecular weight is 217 g/mol. The summed E-state index contributed by atoms with van der Waals surface area (Å²) in [5, 5.41) is 3.51. The Labute approximate surface area is 99.6 Å². The smallest absolute Gasteiger partial charge is 0.0202 e. The van der Waals surface area contributed by atoms with Gasteiger partial charge in [-0.25, -0.2) is 0 Å². The Morgan fingerprint density at radius 3 is 2.88 bits per heavy atom. The molecule has 1 unspecified atom stereocenters. The summed E-state index contributed by atoms with van der Waals surface area (Å²) in [5.41, 5.74) is 2.74. The normalized spacial score (nSPS) is 21.6. The van der Waals surface area contributed by atoms with Crippen molar-refractivity contribution in [3.8, 4) is 0 Å². The van der Waals surface area contributed by atoms with Crippen LogP contribution in [0.1, 0.15) is 27.2 Å². The van der Waals surface area contributed by atoms with Crippen molar-refractivity contribution in [2.75, 3.05) is 13.1 Å². The van der Waals surface area contributed by atoms with Gasteiger partial charge in [0.25, 0.3) is 0 Å². The Morgan fingerprint density at radius 2 is 2.31 bits per heavy atom. The molecule has 1 nitrogen and oxygen atoms in total. The molecule has 1 N–H and O–H groups in total. The van der Waals surface area contributed by atoms with Crippen molar-refractivity contribution in [1.82, 2.24) is 5.32 Å². The van der Waals surface area contributed by atoms with Crippen LogP contribution >= 0.6 is 0 Å². The highest BCUT2D eigenvalue weighted by molar-refractivity contribution is 5.22. The van der Waals surface area contributed by atoms with E-state index in [1.165, 1.54) is 17.6 Å². The lowest BCUT2D eigenvalue weighted by atomic mass is 9.97. The summed E-state index contributed by atoms with van der Waals surface area (Å²) in [4.78, 5) is 0. The molecule has 1 heteroatoms. The highest BCUT2D eigenvalue weighted by Crippen LogP contribution is 2.14. The Kier molecular flexibility index (Phi) is 5.87. The number of hydrogen-bond acceptors (Lipinski definition) is 1. The fourth-order valence-electron chi connectivity index (χ4n) is 1.80. The molecule has 0 aliphatic heterocycles. The fraction of sp³-hybridized carbons (Fsp3) is 0.467. The summed E-state index contributed by atoms with van der Waals surface area (Å²) in [6.45, 7) is 8.33. The predicted octanol–water partition coefficient (Wildman–Crippen LogP) is 3.62. The van der Waals surface area contributed by atoms with E-state index in [1.54, 1.807) is 0 Å². The van der Waals surface area contributed by atoms with Crippen LogP contribution in [-0.4, -0.2) is 13.1 Å². The average Bonchev–Trinajstić information content (AvgIpc) is 2.30. The molecule has 1 rings (SSSR count). The molecule has 0 radical (unpaired) electrons. The van der Waals surface area contributed by atoms with Gasteiger partial charge in [0.15, 0.2) is 0 Å².